The lowest BCUT2D eigenvalue weighted by atomic mass is 10.1. The number of carbonyl (C=O) groups is 2. The molecule has 1 heterocycles. The van der Waals surface area contributed by atoms with Crippen LogP contribution in [0.2, 0.25) is 0 Å². The molecule has 0 bridgehead atoms. The van der Waals surface area contributed by atoms with Crippen molar-refractivity contribution in [3.05, 3.63) is 18.2 Å². The quantitative estimate of drug-likeness (QED) is 0.744. The number of carbonyl (C=O) groups excluding carboxylic acids is 2. The molecule has 1 atom stereocenters. The number of amides is 2. The number of nitrogens with one attached hydrogen (secondary N) is 2. The molecule has 0 radical (unpaired) electrons. The summed E-state index contributed by atoms with van der Waals surface area (Å²) in [6.45, 7) is 4.91. The molecule has 2 rings (SSSR count). The molecule has 0 aliphatic carbocycles. The van der Waals surface area contributed by atoms with Crippen molar-refractivity contribution in [3.8, 4) is 5.75 Å². The van der Waals surface area contributed by atoms with Gasteiger partial charge in [0.15, 0.2) is 6.10 Å². The molecule has 4 N–H and O–H groups in total. The van der Waals surface area contributed by atoms with Crippen LogP contribution < -0.4 is 21.1 Å². The lowest BCUT2D eigenvalue weighted by Gasteiger charge is -2.24. The third-order valence-corrected chi connectivity index (χ3v) is 2.75. The van der Waals surface area contributed by atoms with Crippen molar-refractivity contribution in [1.29, 1.82) is 0 Å². The maximum absolute atomic E-state index is 11.8. The van der Waals surface area contributed by atoms with Gasteiger partial charge in [-0.15, -0.1) is 0 Å². The summed E-state index contributed by atoms with van der Waals surface area (Å²) >= 11 is 0. The van der Waals surface area contributed by atoms with Gasteiger partial charge < -0.3 is 21.1 Å². The molecule has 6 heteroatoms. The van der Waals surface area contributed by atoms with Crippen molar-refractivity contribution in [2.45, 2.75) is 32.4 Å². The molecule has 0 fully saturated rings. The van der Waals surface area contributed by atoms with E-state index in [-0.39, 0.29) is 11.8 Å². The van der Waals surface area contributed by atoms with Crippen molar-refractivity contribution >= 4 is 23.2 Å². The summed E-state index contributed by atoms with van der Waals surface area (Å²) in [5.74, 6) is 0.0658. The molecular formula is C13H17N3O3. The Kier molecular flexibility index (Phi) is 3.20. The number of fused-ring (bicyclic) bond motifs is 1. The number of nitrogens with two attached hydrogens (primary N) is 1. The zero-order valence-corrected chi connectivity index (χ0v) is 11.1. The minimum atomic E-state index is -0.968. The van der Waals surface area contributed by atoms with Crippen LogP contribution in [-0.4, -0.2) is 23.5 Å². The molecule has 0 aromatic heterocycles. The van der Waals surface area contributed by atoms with Gasteiger partial charge in [0.25, 0.3) is 5.91 Å². The van der Waals surface area contributed by atoms with Crippen LogP contribution in [-0.2, 0) is 9.59 Å². The molecule has 1 aromatic rings. The topological polar surface area (TPSA) is 93.4 Å². The van der Waals surface area contributed by atoms with Crippen LogP contribution in [0.25, 0.3) is 0 Å². The van der Waals surface area contributed by atoms with Gasteiger partial charge in [-0.3, -0.25) is 9.59 Å². The first-order chi connectivity index (χ1) is 8.77. The van der Waals surface area contributed by atoms with Crippen LogP contribution in [0.4, 0.5) is 11.4 Å². The van der Waals surface area contributed by atoms with Crippen molar-refractivity contribution in [2.24, 2.45) is 5.73 Å². The SMILES string of the molecule is CC1Oc2ccc(NC(=O)C(C)(C)N)cc2NC1=O. The second-order valence-electron chi connectivity index (χ2n) is 5.14. The highest BCUT2D eigenvalue weighted by molar-refractivity contribution is 6.00. The van der Waals surface area contributed by atoms with Gasteiger partial charge in [0.2, 0.25) is 5.91 Å². The van der Waals surface area contributed by atoms with Gasteiger partial charge in [0, 0.05) is 5.69 Å². The second kappa shape index (κ2) is 4.55. The largest absolute Gasteiger partial charge is 0.479 e. The van der Waals surface area contributed by atoms with Crippen LogP contribution in [0.15, 0.2) is 18.2 Å². The minimum absolute atomic E-state index is 0.213. The van der Waals surface area contributed by atoms with E-state index in [2.05, 4.69) is 10.6 Å². The maximum atomic E-state index is 11.8. The Morgan fingerprint density at radius 3 is 2.79 bits per heavy atom. The Morgan fingerprint density at radius 2 is 2.16 bits per heavy atom. The van der Waals surface area contributed by atoms with Gasteiger partial charge in [0.05, 0.1) is 11.2 Å². The number of hydrogen-bond donors (Lipinski definition) is 3. The van der Waals surface area contributed by atoms with E-state index in [0.717, 1.165) is 0 Å². The van der Waals surface area contributed by atoms with Gasteiger partial charge >= 0.3 is 0 Å². The molecular weight excluding hydrogens is 246 g/mol. The normalized spacial score (nSPS) is 18.1. The highest BCUT2D eigenvalue weighted by Crippen LogP contribution is 2.32. The summed E-state index contributed by atoms with van der Waals surface area (Å²) in [5, 5.41) is 5.40. The van der Waals surface area contributed by atoms with E-state index < -0.39 is 11.6 Å². The van der Waals surface area contributed by atoms with Crippen LogP contribution in [0.3, 0.4) is 0 Å². The predicted octanol–water partition coefficient (Wildman–Crippen LogP) is 1.08. The zero-order valence-electron chi connectivity index (χ0n) is 11.1. The standard InChI is InChI=1S/C13H17N3O3/c1-7-11(17)16-9-6-8(4-5-10(9)19-7)15-12(18)13(2,3)14/h4-7H,14H2,1-3H3,(H,15,18)(H,16,17). The van der Waals surface area contributed by atoms with Crippen molar-refractivity contribution in [3.63, 3.8) is 0 Å². The van der Waals surface area contributed by atoms with E-state index >= 15 is 0 Å². The smallest absolute Gasteiger partial charge is 0.265 e. The average Bonchev–Trinajstić information content (AvgIpc) is 2.29. The van der Waals surface area contributed by atoms with E-state index in [0.29, 0.717) is 17.1 Å². The summed E-state index contributed by atoms with van der Waals surface area (Å²) in [6.07, 6.45) is -0.518. The number of ether oxygens (including phenoxy) is 1. The van der Waals surface area contributed by atoms with Crippen LogP contribution >= 0.6 is 0 Å². The van der Waals surface area contributed by atoms with E-state index in [1.165, 1.54) is 0 Å². The molecule has 1 unspecified atom stereocenters. The fourth-order valence-electron chi connectivity index (χ4n) is 1.58. The van der Waals surface area contributed by atoms with Crippen molar-refractivity contribution in [2.75, 3.05) is 10.6 Å². The molecule has 102 valence electrons. The average molecular weight is 263 g/mol. The van der Waals surface area contributed by atoms with Crippen molar-refractivity contribution < 1.29 is 14.3 Å². The Bertz CT molecular complexity index is 534. The lowest BCUT2D eigenvalue weighted by molar-refractivity contribution is -0.122. The molecule has 0 spiro atoms. The van der Waals surface area contributed by atoms with Crippen LogP contribution in [0.5, 0.6) is 5.75 Å². The summed E-state index contributed by atoms with van der Waals surface area (Å²) in [6, 6.07) is 5.04. The first kappa shape index (κ1) is 13.4. The Labute approximate surface area is 111 Å². The number of anilines is 2. The molecule has 6 nitrogen and oxygen atoms in total. The van der Waals surface area contributed by atoms with Gasteiger partial charge in [-0.25, -0.2) is 0 Å². The second-order valence-corrected chi connectivity index (χ2v) is 5.14. The van der Waals surface area contributed by atoms with E-state index in [4.69, 9.17) is 10.5 Å². The molecule has 19 heavy (non-hydrogen) atoms. The molecule has 1 aromatic carbocycles. The Hall–Kier alpha value is -2.08. The third kappa shape index (κ3) is 2.85. The lowest BCUT2D eigenvalue weighted by Crippen LogP contribution is -2.45. The summed E-state index contributed by atoms with van der Waals surface area (Å²) in [5.41, 5.74) is 5.82. The van der Waals surface area contributed by atoms with Crippen molar-refractivity contribution in [1.82, 2.24) is 0 Å². The fraction of sp³-hybridized carbons (Fsp3) is 0.385. The third-order valence-electron chi connectivity index (χ3n) is 2.75. The highest BCUT2D eigenvalue weighted by atomic mass is 16.5. The number of hydrogen-bond acceptors (Lipinski definition) is 4. The van der Waals surface area contributed by atoms with Crippen LogP contribution in [0, 0.1) is 0 Å². The van der Waals surface area contributed by atoms with E-state index in [9.17, 15) is 9.59 Å². The van der Waals surface area contributed by atoms with Crippen LogP contribution in [0.1, 0.15) is 20.8 Å². The Balaban J connectivity index is 2.20. The zero-order chi connectivity index (χ0) is 14.2. The minimum Gasteiger partial charge on any atom is -0.479 e. The molecule has 0 saturated carbocycles. The van der Waals surface area contributed by atoms with Gasteiger partial charge in [-0.2, -0.15) is 0 Å². The van der Waals surface area contributed by atoms with E-state index in [1.54, 1.807) is 39.0 Å². The molecule has 0 saturated heterocycles. The number of benzene rings is 1. The van der Waals surface area contributed by atoms with Gasteiger partial charge in [-0.1, -0.05) is 0 Å². The maximum Gasteiger partial charge on any atom is 0.265 e. The molecule has 2 amide bonds. The summed E-state index contributed by atoms with van der Waals surface area (Å²) < 4.78 is 5.42. The Morgan fingerprint density at radius 1 is 1.47 bits per heavy atom. The molecule has 1 aliphatic heterocycles. The highest BCUT2D eigenvalue weighted by Gasteiger charge is 2.25. The van der Waals surface area contributed by atoms with Gasteiger partial charge in [-0.05, 0) is 39.0 Å². The monoisotopic (exact) mass is 263 g/mol. The van der Waals surface area contributed by atoms with Gasteiger partial charge in [0.1, 0.15) is 5.75 Å². The number of rotatable bonds is 2. The summed E-state index contributed by atoms with van der Waals surface area (Å²) in [7, 11) is 0. The molecule has 1 aliphatic rings. The first-order valence-electron chi connectivity index (χ1n) is 5.99. The summed E-state index contributed by atoms with van der Waals surface area (Å²) in [4.78, 5) is 23.3. The fourth-order valence-corrected chi connectivity index (χ4v) is 1.58. The van der Waals surface area contributed by atoms with E-state index in [1.807, 2.05) is 0 Å². The predicted molar refractivity (Wildman–Crippen MR) is 72.1 cm³/mol. The first-order valence-corrected chi connectivity index (χ1v) is 5.99.